The van der Waals surface area contributed by atoms with E-state index in [-0.39, 0.29) is 29.6 Å². The number of aryl methyl sites for hydroxylation is 1. The van der Waals surface area contributed by atoms with Gasteiger partial charge in [0.15, 0.2) is 0 Å². The summed E-state index contributed by atoms with van der Waals surface area (Å²) in [5.41, 5.74) is 1.48. The first-order chi connectivity index (χ1) is 11.9. The molecule has 1 aromatic rings. The van der Waals surface area contributed by atoms with Gasteiger partial charge in [0, 0.05) is 10.7 Å². The minimum Gasteiger partial charge on any atom is -0.324 e. The van der Waals surface area contributed by atoms with Gasteiger partial charge in [-0.2, -0.15) is 0 Å². The maximum atomic E-state index is 12.8. The van der Waals surface area contributed by atoms with Gasteiger partial charge in [-0.1, -0.05) is 17.7 Å². The van der Waals surface area contributed by atoms with Crippen LogP contribution >= 0.6 is 11.6 Å². The number of fused-ring (bicyclic) bond motifs is 5. The molecular formula is C19H21ClN2O3. The molecule has 0 spiro atoms. The van der Waals surface area contributed by atoms with Crippen LogP contribution in [0.4, 0.5) is 5.69 Å². The first-order valence-corrected chi connectivity index (χ1v) is 9.20. The number of anilines is 1. The lowest BCUT2D eigenvalue weighted by Gasteiger charge is -2.23. The van der Waals surface area contributed by atoms with Crippen molar-refractivity contribution in [2.45, 2.75) is 39.2 Å². The number of benzene rings is 1. The number of likely N-dealkylation sites (tertiary alicyclic amines) is 1. The van der Waals surface area contributed by atoms with Crippen molar-refractivity contribution in [3.8, 4) is 0 Å². The van der Waals surface area contributed by atoms with Crippen LogP contribution in [0.25, 0.3) is 0 Å². The van der Waals surface area contributed by atoms with Crippen LogP contribution in [-0.4, -0.2) is 28.7 Å². The second-order valence-corrected chi connectivity index (χ2v) is 7.97. The van der Waals surface area contributed by atoms with E-state index in [4.69, 9.17) is 11.6 Å². The molecule has 25 heavy (non-hydrogen) atoms. The molecule has 132 valence electrons. The van der Waals surface area contributed by atoms with Crippen LogP contribution in [-0.2, 0) is 14.4 Å². The second kappa shape index (κ2) is 5.84. The second-order valence-electron chi connectivity index (χ2n) is 7.56. The third-order valence-electron chi connectivity index (χ3n) is 6.17. The van der Waals surface area contributed by atoms with Crippen molar-refractivity contribution in [1.29, 1.82) is 0 Å². The Morgan fingerprint density at radius 3 is 2.36 bits per heavy atom. The number of nitrogens with one attached hydrogen (secondary N) is 1. The van der Waals surface area contributed by atoms with E-state index in [2.05, 4.69) is 5.32 Å². The van der Waals surface area contributed by atoms with Gasteiger partial charge in [0.25, 0.3) is 0 Å². The van der Waals surface area contributed by atoms with E-state index < -0.39 is 6.04 Å². The van der Waals surface area contributed by atoms with Crippen LogP contribution in [0.2, 0.25) is 5.02 Å². The molecule has 2 saturated carbocycles. The van der Waals surface area contributed by atoms with E-state index in [9.17, 15) is 14.4 Å². The Labute approximate surface area is 151 Å². The zero-order chi connectivity index (χ0) is 17.9. The molecule has 0 aromatic heterocycles. The number of rotatable bonds is 3. The average molecular weight is 361 g/mol. The predicted octanol–water partition coefficient (Wildman–Crippen LogP) is 3.01. The number of halogens is 1. The Morgan fingerprint density at radius 2 is 1.80 bits per heavy atom. The summed E-state index contributed by atoms with van der Waals surface area (Å²) >= 11 is 6.08. The average Bonchev–Trinajstić information content (AvgIpc) is 3.24. The Hall–Kier alpha value is -1.88. The van der Waals surface area contributed by atoms with Gasteiger partial charge in [0.05, 0.1) is 11.8 Å². The number of imide groups is 1. The van der Waals surface area contributed by atoms with Crippen molar-refractivity contribution < 1.29 is 14.4 Å². The highest BCUT2D eigenvalue weighted by Crippen LogP contribution is 2.56. The van der Waals surface area contributed by atoms with Crippen LogP contribution in [0.1, 0.15) is 31.7 Å². The summed E-state index contributed by atoms with van der Waals surface area (Å²) in [4.78, 5) is 39.4. The number of hydrogen-bond donors (Lipinski definition) is 1. The Morgan fingerprint density at radius 1 is 1.20 bits per heavy atom. The number of amides is 3. The third kappa shape index (κ3) is 2.48. The fourth-order valence-electron chi connectivity index (χ4n) is 4.85. The van der Waals surface area contributed by atoms with Gasteiger partial charge < -0.3 is 5.32 Å². The molecule has 1 heterocycles. The van der Waals surface area contributed by atoms with Crippen LogP contribution in [0, 0.1) is 30.6 Å². The van der Waals surface area contributed by atoms with E-state index >= 15 is 0 Å². The van der Waals surface area contributed by atoms with Gasteiger partial charge >= 0.3 is 0 Å². The van der Waals surface area contributed by atoms with Crippen LogP contribution in [0.15, 0.2) is 18.2 Å². The quantitative estimate of drug-likeness (QED) is 0.842. The highest BCUT2D eigenvalue weighted by molar-refractivity contribution is 6.31. The molecule has 1 aromatic carbocycles. The summed E-state index contributed by atoms with van der Waals surface area (Å²) in [6.45, 7) is 3.50. The van der Waals surface area contributed by atoms with Crippen LogP contribution in [0.3, 0.4) is 0 Å². The smallest absolute Gasteiger partial charge is 0.247 e. The van der Waals surface area contributed by atoms with Gasteiger partial charge in [-0.15, -0.1) is 0 Å². The lowest BCUT2D eigenvalue weighted by molar-refractivity contribution is -0.146. The lowest BCUT2D eigenvalue weighted by atomic mass is 9.81. The monoisotopic (exact) mass is 360 g/mol. The summed E-state index contributed by atoms with van der Waals surface area (Å²) < 4.78 is 0. The molecule has 5 nitrogen and oxygen atoms in total. The van der Waals surface area contributed by atoms with Crippen molar-refractivity contribution >= 4 is 35.0 Å². The van der Waals surface area contributed by atoms with Gasteiger partial charge in [-0.3, -0.25) is 19.3 Å². The predicted molar refractivity (Wildman–Crippen MR) is 93.9 cm³/mol. The lowest BCUT2D eigenvalue weighted by Crippen LogP contribution is -2.46. The Bertz CT molecular complexity index is 750. The maximum Gasteiger partial charge on any atom is 0.247 e. The molecule has 1 saturated heterocycles. The van der Waals surface area contributed by atoms with Crippen molar-refractivity contribution in [2.24, 2.45) is 23.7 Å². The first-order valence-electron chi connectivity index (χ1n) is 8.82. The number of hydrogen-bond acceptors (Lipinski definition) is 3. The van der Waals surface area contributed by atoms with Gasteiger partial charge in [0.2, 0.25) is 17.7 Å². The Balaban J connectivity index is 1.51. The fraction of sp³-hybridized carbons (Fsp3) is 0.526. The van der Waals surface area contributed by atoms with E-state index in [1.165, 1.54) is 4.90 Å². The third-order valence-corrected chi connectivity index (χ3v) is 6.57. The minimum absolute atomic E-state index is 0.160. The van der Waals surface area contributed by atoms with Gasteiger partial charge in [-0.25, -0.2) is 0 Å². The van der Waals surface area contributed by atoms with Crippen molar-refractivity contribution in [1.82, 2.24) is 4.90 Å². The van der Waals surface area contributed by atoms with E-state index in [1.807, 2.05) is 13.0 Å². The molecule has 3 aliphatic rings. The summed E-state index contributed by atoms with van der Waals surface area (Å²) in [5.74, 6) is -0.441. The van der Waals surface area contributed by atoms with Crippen molar-refractivity contribution in [3.63, 3.8) is 0 Å². The van der Waals surface area contributed by atoms with Crippen LogP contribution < -0.4 is 5.32 Å². The van der Waals surface area contributed by atoms with E-state index in [0.717, 1.165) is 24.8 Å². The summed E-state index contributed by atoms with van der Waals surface area (Å²) in [6, 6.07) is 4.43. The number of nitrogens with zero attached hydrogens (tertiary/aromatic N) is 1. The number of carbonyl (C=O) groups excluding carboxylic acids is 3. The molecular weight excluding hydrogens is 340 g/mol. The largest absolute Gasteiger partial charge is 0.324 e. The first kappa shape index (κ1) is 16.6. The van der Waals surface area contributed by atoms with E-state index in [0.29, 0.717) is 22.5 Å². The molecule has 0 unspecified atom stereocenters. The van der Waals surface area contributed by atoms with Crippen LogP contribution in [0.5, 0.6) is 0 Å². The fourth-order valence-corrected chi connectivity index (χ4v) is 5.03. The molecule has 2 bridgehead atoms. The molecule has 3 fully saturated rings. The maximum absolute atomic E-state index is 12.8. The number of carbonyl (C=O) groups is 3. The van der Waals surface area contributed by atoms with Crippen molar-refractivity contribution in [3.05, 3.63) is 28.8 Å². The topological polar surface area (TPSA) is 66.5 Å². The summed E-state index contributed by atoms with van der Waals surface area (Å²) in [6.07, 6.45) is 3.05. The van der Waals surface area contributed by atoms with E-state index in [1.54, 1.807) is 19.1 Å². The zero-order valence-electron chi connectivity index (χ0n) is 14.3. The molecule has 6 heteroatoms. The van der Waals surface area contributed by atoms with Gasteiger partial charge in [0.1, 0.15) is 6.04 Å². The highest BCUT2D eigenvalue weighted by atomic mass is 35.5. The molecule has 2 aliphatic carbocycles. The molecule has 1 N–H and O–H groups in total. The normalized spacial score (nSPS) is 31.4. The Kier molecular flexibility index (Phi) is 3.87. The van der Waals surface area contributed by atoms with Gasteiger partial charge in [-0.05, 0) is 62.6 Å². The highest BCUT2D eigenvalue weighted by Gasteiger charge is 2.62. The molecule has 1 aliphatic heterocycles. The standard InChI is InChI=1S/C19H21ClN2O3/c1-9-3-6-13(8-14(9)20)21-17(23)10(2)22-18(24)15-11-4-5-12(7-11)16(15)19(22)25/h3,6,8,10-12,15-16H,4-5,7H2,1-2H3,(H,21,23)/t10-,11-,12+,15-,16-/m0/s1. The molecule has 0 radical (unpaired) electrons. The van der Waals surface area contributed by atoms with Crippen molar-refractivity contribution in [2.75, 3.05) is 5.32 Å². The zero-order valence-corrected chi connectivity index (χ0v) is 15.0. The SMILES string of the molecule is Cc1ccc(NC(=O)[C@H](C)N2C(=O)[C@H]3[C@@H]4CC[C@@H](C4)[C@@H]3C2=O)cc1Cl. The molecule has 3 amide bonds. The molecule has 4 rings (SSSR count). The minimum atomic E-state index is -0.815. The molecule has 5 atom stereocenters. The summed E-state index contributed by atoms with van der Waals surface area (Å²) in [7, 11) is 0. The summed E-state index contributed by atoms with van der Waals surface area (Å²) in [5, 5.41) is 3.32.